The molecule has 6 nitrogen and oxygen atoms in total. The quantitative estimate of drug-likeness (QED) is 0.153. The summed E-state index contributed by atoms with van der Waals surface area (Å²) >= 11 is 7.56. The summed E-state index contributed by atoms with van der Waals surface area (Å²) in [6.07, 6.45) is 7.32. The summed E-state index contributed by atoms with van der Waals surface area (Å²) in [7, 11) is 1.76. The van der Waals surface area contributed by atoms with Gasteiger partial charge >= 0.3 is 5.97 Å². The van der Waals surface area contributed by atoms with Crippen molar-refractivity contribution in [3.63, 3.8) is 0 Å². The summed E-state index contributed by atoms with van der Waals surface area (Å²) in [5.74, 6) is -0.592. The molecule has 0 saturated heterocycles. The average molecular weight is 621 g/mol. The predicted molar refractivity (Wildman–Crippen MR) is 173 cm³/mol. The van der Waals surface area contributed by atoms with Gasteiger partial charge in [0.1, 0.15) is 11.6 Å². The van der Waals surface area contributed by atoms with E-state index in [0.29, 0.717) is 42.7 Å². The molecule has 3 rings (SSSR count). The van der Waals surface area contributed by atoms with Crippen molar-refractivity contribution in [2.75, 3.05) is 31.7 Å². The summed E-state index contributed by atoms with van der Waals surface area (Å²) < 4.78 is 27.5. The van der Waals surface area contributed by atoms with Crippen LogP contribution in [0.15, 0.2) is 42.0 Å². The normalized spacial score (nSPS) is 17.7. The van der Waals surface area contributed by atoms with Gasteiger partial charge in [0.15, 0.2) is 0 Å². The minimum Gasteiger partial charge on any atom is -0.491 e. The summed E-state index contributed by atoms with van der Waals surface area (Å²) in [4.78, 5) is 14.1. The largest absolute Gasteiger partial charge is 0.491 e. The number of rotatable bonds is 15. The van der Waals surface area contributed by atoms with E-state index in [-0.39, 0.29) is 34.3 Å². The highest BCUT2D eigenvalue weighted by molar-refractivity contribution is 7.97. The van der Waals surface area contributed by atoms with Crippen molar-refractivity contribution in [3.8, 4) is 5.75 Å². The van der Waals surface area contributed by atoms with Gasteiger partial charge in [-0.05, 0) is 79.5 Å². The minimum atomic E-state index is -0.988. The van der Waals surface area contributed by atoms with Crippen molar-refractivity contribution in [1.29, 1.82) is 0 Å². The van der Waals surface area contributed by atoms with E-state index in [9.17, 15) is 9.90 Å². The fourth-order valence-electron chi connectivity index (χ4n) is 5.89. The van der Waals surface area contributed by atoms with Crippen LogP contribution in [0.3, 0.4) is 0 Å². The molecule has 4 unspecified atom stereocenters. The number of carbonyl (C=O) groups is 1. The Balaban J connectivity index is 1.92. The van der Waals surface area contributed by atoms with Crippen molar-refractivity contribution in [3.05, 3.63) is 69.5 Å². The van der Waals surface area contributed by atoms with Crippen LogP contribution < -0.4 is 14.8 Å². The Morgan fingerprint density at radius 1 is 1.31 bits per heavy atom. The zero-order valence-electron chi connectivity index (χ0n) is 25.5. The number of hydrogen-bond donors (Lipinski definition) is 2. The molecule has 1 aliphatic heterocycles. The third-order valence-corrected chi connectivity index (χ3v) is 9.29. The maximum Gasteiger partial charge on any atom is 0.335 e. The lowest BCUT2D eigenvalue weighted by Gasteiger charge is -2.32. The number of ether oxygens (including phenoxy) is 2. The summed E-state index contributed by atoms with van der Waals surface area (Å²) in [5, 5.41) is 16.0. The number of benzene rings is 2. The van der Waals surface area contributed by atoms with Gasteiger partial charge in [-0.3, -0.25) is 5.14 Å². The summed E-state index contributed by atoms with van der Waals surface area (Å²) in [6.45, 7) is 10.0. The Morgan fingerprint density at radius 3 is 2.71 bits per heavy atom. The minimum absolute atomic E-state index is 0.0267. The topological polar surface area (TPSA) is 85.0 Å². The molecular formula is C33H46ClFN2O4S. The smallest absolute Gasteiger partial charge is 0.335 e. The van der Waals surface area contributed by atoms with Crippen LogP contribution in [0.25, 0.3) is 0 Å². The molecule has 2 aromatic carbocycles. The Labute approximate surface area is 259 Å². The molecule has 3 N–H and O–H groups in total. The first-order valence-electron chi connectivity index (χ1n) is 14.9. The number of carboxylic acids is 1. The summed E-state index contributed by atoms with van der Waals surface area (Å²) in [5.41, 5.74) is 3.68. The van der Waals surface area contributed by atoms with Gasteiger partial charge < -0.3 is 19.5 Å². The zero-order chi connectivity index (χ0) is 30.8. The van der Waals surface area contributed by atoms with Crippen molar-refractivity contribution >= 4 is 35.2 Å². The predicted octanol–water partition coefficient (Wildman–Crippen LogP) is 8.27. The lowest BCUT2D eigenvalue weighted by atomic mass is 9.89. The molecule has 0 saturated carbocycles. The molecule has 0 aliphatic carbocycles. The number of allylic oxidation sites excluding steroid dienone is 1. The van der Waals surface area contributed by atoms with Crippen molar-refractivity contribution in [1.82, 2.24) is 0 Å². The van der Waals surface area contributed by atoms with E-state index in [1.807, 2.05) is 13.0 Å². The fraction of sp³-hybridized carbons (Fsp3) is 0.545. The van der Waals surface area contributed by atoms with Crippen molar-refractivity contribution < 1.29 is 23.8 Å². The molecule has 0 fully saturated rings. The Bertz CT molecular complexity index is 1230. The molecule has 9 heteroatoms. The maximum absolute atomic E-state index is 15.2. The highest BCUT2D eigenvalue weighted by Crippen LogP contribution is 2.38. The van der Waals surface area contributed by atoms with Crippen molar-refractivity contribution in [2.45, 2.75) is 83.5 Å². The molecule has 1 heterocycles. The molecule has 0 amide bonds. The Kier molecular flexibility index (Phi) is 13.5. The molecule has 0 spiro atoms. The average Bonchev–Trinajstić information content (AvgIpc) is 3.16. The zero-order valence-corrected chi connectivity index (χ0v) is 27.1. The van der Waals surface area contributed by atoms with Crippen LogP contribution in [0.1, 0.15) is 87.2 Å². The number of aromatic carboxylic acids is 1. The number of methoxy groups -OCH3 is 1. The number of anilines is 1. The molecule has 0 radical (unpaired) electrons. The molecule has 232 valence electrons. The standard InChI is InChI=1S/C33H46ClFN2O4S/c1-6-9-27-26(13-14-28(34)31(27)35)25-19-37(29-18-24(33(38)39)12-15-30(29)41-20-25)17-16-23(7-2)32(40-5)21(3)10-8-11-22(4)42-36/h10,12-15,18,22-23,25,32H,6-9,11,16-17,19-20,36H2,1-5H3,(H,38,39)/b21-10+. The van der Waals surface area contributed by atoms with Gasteiger partial charge in [0.05, 0.1) is 29.0 Å². The van der Waals surface area contributed by atoms with Crippen LogP contribution in [0.4, 0.5) is 10.1 Å². The van der Waals surface area contributed by atoms with Gasteiger partial charge in [-0.1, -0.05) is 69.3 Å². The van der Waals surface area contributed by atoms with Crippen LogP contribution in [-0.2, 0) is 11.2 Å². The molecule has 0 aromatic heterocycles. The number of carboxylic acid groups (broad SMARTS) is 1. The molecule has 2 aromatic rings. The second-order valence-corrected chi connectivity index (χ2v) is 12.7. The molecule has 42 heavy (non-hydrogen) atoms. The van der Waals surface area contributed by atoms with E-state index in [0.717, 1.165) is 43.4 Å². The van der Waals surface area contributed by atoms with Crippen LogP contribution in [0.2, 0.25) is 5.02 Å². The van der Waals surface area contributed by atoms with E-state index in [1.54, 1.807) is 31.4 Å². The second kappa shape index (κ2) is 16.6. The summed E-state index contributed by atoms with van der Waals surface area (Å²) in [6, 6.07) is 8.51. The number of halogens is 2. The third kappa shape index (κ3) is 8.65. The van der Waals surface area contributed by atoms with Crippen LogP contribution in [0, 0.1) is 11.7 Å². The first-order chi connectivity index (χ1) is 20.1. The molecule has 4 atom stereocenters. The Morgan fingerprint density at radius 2 is 2.07 bits per heavy atom. The highest BCUT2D eigenvalue weighted by atomic mass is 35.5. The van der Waals surface area contributed by atoms with Gasteiger partial charge in [-0.15, -0.1) is 0 Å². The van der Waals surface area contributed by atoms with Gasteiger partial charge in [0.2, 0.25) is 0 Å². The van der Waals surface area contributed by atoms with E-state index < -0.39 is 5.97 Å². The van der Waals surface area contributed by atoms with E-state index in [2.05, 4.69) is 31.7 Å². The lowest BCUT2D eigenvalue weighted by Crippen LogP contribution is -2.33. The number of fused-ring (bicyclic) bond motifs is 1. The second-order valence-electron chi connectivity index (χ2n) is 11.2. The number of hydrogen-bond acceptors (Lipinski definition) is 6. The fourth-order valence-corrected chi connectivity index (χ4v) is 6.34. The Hall–Kier alpha value is -2.26. The van der Waals surface area contributed by atoms with Crippen LogP contribution in [0.5, 0.6) is 5.75 Å². The third-order valence-electron chi connectivity index (χ3n) is 8.30. The maximum atomic E-state index is 15.2. The van der Waals surface area contributed by atoms with Crippen LogP contribution in [-0.4, -0.2) is 49.2 Å². The van der Waals surface area contributed by atoms with Gasteiger partial charge in [-0.25, -0.2) is 9.18 Å². The SMILES string of the molecule is CCCc1c(C2COc3ccc(C(=O)O)cc3N(CCC(CC)C(OC)/C(C)=C/CCC(C)SN)C2)ccc(Cl)c1F. The van der Waals surface area contributed by atoms with E-state index in [4.69, 9.17) is 26.2 Å². The van der Waals surface area contributed by atoms with Gasteiger partial charge in [0, 0.05) is 31.4 Å². The van der Waals surface area contributed by atoms with E-state index >= 15 is 4.39 Å². The van der Waals surface area contributed by atoms with Crippen LogP contribution >= 0.6 is 23.5 Å². The first kappa shape index (κ1) is 34.2. The monoisotopic (exact) mass is 620 g/mol. The van der Waals surface area contributed by atoms with Gasteiger partial charge in [-0.2, -0.15) is 0 Å². The van der Waals surface area contributed by atoms with Gasteiger partial charge in [0.25, 0.3) is 0 Å². The highest BCUT2D eigenvalue weighted by Gasteiger charge is 2.30. The molecule has 1 aliphatic rings. The molecule has 0 bridgehead atoms. The lowest BCUT2D eigenvalue weighted by molar-refractivity contribution is 0.0697. The first-order valence-corrected chi connectivity index (χ1v) is 16.2. The number of nitrogens with two attached hydrogens (primary N) is 1. The molecular weight excluding hydrogens is 575 g/mol. The van der Waals surface area contributed by atoms with E-state index in [1.165, 1.54) is 17.5 Å². The van der Waals surface area contributed by atoms with Crippen molar-refractivity contribution in [2.24, 2.45) is 11.1 Å². The number of nitrogens with zero attached hydrogens (tertiary/aromatic N) is 1.